The second-order valence-electron chi connectivity index (χ2n) is 4.84. The van der Waals surface area contributed by atoms with Gasteiger partial charge in [-0.3, -0.25) is 0 Å². The molecule has 0 bridgehead atoms. The Morgan fingerprint density at radius 2 is 1.89 bits per heavy atom. The van der Waals surface area contributed by atoms with Gasteiger partial charge in [0.2, 0.25) is 0 Å². The second-order valence-corrected chi connectivity index (χ2v) is 5.23. The third-order valence-electron chi connectivity index (χ3n) is 3.75. The van der Waals surface area contributed by atoms with Crippen LogP contribution in [0.2, 0.25) is 0 Å². The molecular formula is C15H20N2S. The van der Waals surface area contributed by atoms with Crippen LogP contribution in [-0.2, 0) is 0 Å². The number of hydrogen-bond acceptors (Lipinski definition) is 1. The average molecular weight is 260 g/mol. The number of nitrogens with zero attached hydrogens (tertiary/aromatic N) is 1. The topological polar surface area (TPSA) is 20.7 Å². The summed E-state index contributed by atoms with van der Waals surface area (Å²) in [7, 11) is 0. The number of aromatic nitrogens is 2. The first-order valence-corrected chi connectivity index (χ1v) is 6.91. The highest BCUT2D eigenvalue weighted by molar-refractivity contribution is 7.71. The molecule has 0 aliphatic carbocycles. The van der Waals surface area contributed by atoms with Crippen molar-refractivity contribution in [3.05, 3.63) is 41.3 Å². The highest BCUT2D eigenvalue weighted by atomic mass is 32.1. The van der Waals surface area contributed by atoms with Gasteiger partial charge < -0.3 is 9.55 Å². The van der Waals surface area contributed by atoms with Crippen molar-refractivity contribution in [2.45, 2.75) is 33.2 Å². The molecule has 1 heterocycles. The fourth-order valence-electron chi connectivity index (χ4n) is 2.21. The highest BCUT2D eigenvalue weighted by Crippen LogP contribution is 2.28. The van der Waals surface area contributed by atoms with E-state index in [0.717, 1.165) is 11.2 Å². The monoisotopic (exact) mass is 260 g/mol. The first kappa shape index (κ1) is 13.1. The molecule has 2 atom stereocenters. The maximum Gasteiger partial charge on any atom is 0.177 e. The number of nitrogens with one attached hydrogen (secondary N) is 1. The molecule has 1 N–H and O–H groups in total. The molecular weight excluding hydrogens is 240 g/mol. The van der Waals surface area contributed by atoms with E-state index in [1.807, 2.05) is 12.3 Å². The molecule has 96 valence electrons. The van der Waals surface area contributed by atoms with Crippen molar-refractivity contribution in [1.82, 2.24) is 9.55 Å². The number of hydrogen-bond donors (Lipinski definition) is 1. The predicted molar refractivity (Wildman–Crippen MR) is 79.2 cm³/mol. The lowest BCUT2D eigenvalue weighted by Gasteiger charge is -2.22. The lowest BCUT2D eigenvalue weighted by Crippen LogP contribution is -2.14. The standard InChI is InChI=1S/C15H20N2S/c1-4-11(2)12(3)17-14(10-16-15(17)18)13-8-6-5-7-9-13/h5-12H,4H2,1-3H3,(H,16,18). The molecule has 0 amide bonds. The molecule has 2 aromatic rings. The average Bonchev–Trinajstić information content (AvgIpc) is 2.80. The molecule has 0 saturated carbocycles. The number of aromatic amines is 1. The van der Waals surface area contributed by atoms with Gasteiger partial charge in [0, 0.05) is 12.2 Å². The SMILES string of the molecule is CCC(C)C(C)n1c(-c2ccccc2)c[nH]c1=S. The van der Waals surface area contributed by atoms with Gasteiger partial charge in [-0.1, -0.05) is 50.6 Å². The first-order chi connectivity index (χ1) is 8.65. The van der Waals surface area contributed by atoms with Crippen molar-refractivity contribution in [1.29, 1.82) is 0 Å². The van der Waals surface area contributed by atoms with Crippen LogP contribution < -0.4 is 0 Å². The third-order valence-corrected chi connectivity index (χ3v) is 4.07. The normalized spacial score (nSPS) is 14.4. The molecule has 0 aliphatic heterocycles. The van der Waals surface area contributed by atoms with Gasteiger partial charge in [-0.15, -0.1) is 0 Å². The maximum atomic E-state index is 5.42. The van der Waals surface area contributed by atoms with E-state index < -0.39 is 0 Å². The van der Waals surface area contributed by atoms with Crippen LogP contribution in [0, 0.1) is 10.7 Å². The second kappa shape index (κ2) is 5.53. The van der Waals surface area contributed by atoms with Crippen LogP contribution in [0.25, 0.3) is 11.3 Å². The Hall–Kier alpha value is -1.35. The van der Waals surface area contributed by atoms with Crippen LogP contribution in [0.5, 0.6) is 0 Å². The summed E-state index contributed by atoms with van der Waals surface area (Å²) in [5.74, 6) is 0.606. The summed E-state index contributed by atoms with van der Waals surface area (Å²) < 4.78 is 3.04. The van der Waals surface area contributed by atoms with Crippen molar-refractivity contribution in [2.24, 2.45) is 5.92 Å². The Kier molecular flexibility index (Phi) is 4.02. The van der Waals surface area contributed by atoms with E-state index in [1.165, 1.54) is 11.3 Å². The Labute approximate surface area is 114 Å². The van der Waals surface area contributed by atoms with Gasteiger partial charge in [-0.2, -0.15) is 0 Å². The van der Waals surface area contributed by atoms with Gasteiger partial charge in [0.25, 0.3) is 0 Å². The van der Waals surface area contributed by atoms with E-state index in [9.17, 15) is 0 Å². The third kappa shape index (κ3) is 2.41. The molecule has 0 radical (unpaired) electrons. The van der Waals surface area contributed by atoms with Gasteiger partial charge in [-0.05, 0) is 30.6 Å². The lowest BCUT2D eigenvalue weighted by molar-refractivity contribution is 0.370. The molecule has 2 rings (SSSR count). The van der Waals surface area contributed by atoms with Crippen LogP contribution in [0.3, 0.4) is 0 Å². The number of benzene rings is 1. The largest absolute Gasteiger partial charge is 0.337 e. The smallest absolute Gasteiger partial charge is 0.177 e. The lowest BCUT2D eigenvalue weighted by atomic mass is 10.00. The summed E-state index contributed by atoms with van der Waals surface area (Å²) in [5, 5.41) is 0. The summed E-state index contributed by atoms with van der Waals surface area (Å²) in [5.41, 5.74) is 2.38. The summed E-state index contributed by atoms with van der Waals surface area (Å²) in [4.78, 5) is 3.17. The zero-order valence-corrected chi connectivity index (χ0v) is 12.0. The fraction of sp³-hybridized carbons (Fsp3) is 0.400. The molecule has 2 unspecified atom stereocenters. The highest BCUT2D eigenvalue weighted by Gasteiger charge is 2.17. The van der Waals surface area contributed by atoms with E-state index in [1.54, 1.807) is 0 Å². The van der Waals surface area contributed by atoms with E-state index in [4.69, 9.17) is 12.2 Å². The quantitative estimate of drug-likeness (QED) is 0.782. The van der Waals surface area contributed by atoms with Crippen molar-refractivity contribution < 1.29 is 0 Å². The summed E-state index contributed by atoms with van der Waals surface area (Å²) in [6, 6.07) is 10.8. The van der Waals surface area contributed by atoms with Gasteiger partial charge in [-0.25, -0.2) is 0 Å². The van der Waals surface area contributed by atoms with Crippen LogP contribution in [0.1, 0.15) is 33.2 Å². The molecule has 0 saturated heterocycles. The van der Waals surface area contributed by atoms with Crippen molar-refractivity contribution >= 4 is 12.2 Å². The van der Waals surface area contributed by atoms with Crippen LogP contribution in [0.4, 0.5) is 0 Å². The van der Waals surface area contributed by atoms with Crippen LogP contribution in [-0.4, -0.2) is 9.55 Å². The number of imidazole rings is 1. The summed E-state index contributed by atoms with van der Waals surface area (Å²) in [6.45, 7) is 6.73. The van der Waals surface area contributed by atoms with Crippen molar-refractivity contribution in [3.8, 4) is 11.3 Å². The predicted octanol–water partition coefficient (Wildman–Crippen LogP) is 4.82. The minimum Gasteiger partial charge on any atom is -0.337 e. The summed E-state index contributed by atoms with van der Waals surface area (Å²) >= 11 is 5.42. The molecule has 1 aromatic heterocycles. The Balaban J connectivity index is 2.49. The molecule has 0 aliphatic rings. The van der Waals surface area contributed by atoms with E-state index in [2.05, 4.69) is 54.6 Å². The fourth-order valence-corrected chi connectivity index (χ4v) is 2.53. The maximum absolute atomic E-state index is 5.42. The zero-order valence-electron chi connectivity index (χ0n) is 11.2. The summed E-state index contributed by atoms with van der Waals surface area (Å²) in [6.07, 6.45) is 3.17. The number of rotatable bonds is 4. The van der Waals surface area contributed by atoms with Crippen LogP contribution >= 0.6 is 12.2 Å². The van der Waals surface area contributed by atoms with Gasteiger partial charge in [0.05, 0.1) is 5.69 Å². The Morgan fingerprint density at radius 3 is 2.50 bits per heavy atom. The minimum absolute atomic E-state index is 0.406. The Bertz CT molecular complexity index is 553. The molecule has 3 heteroatoms. The van der Waals surface area contributed by atoms with E-state index in [-0.39, 0.29) is 0 Å². The molecule has 0 fully saturated rings. The molecule has 1 aromatic carbocycles. The van der Waals surface area contributed by atoms with Crippen molar-refractivity contribution in [2.75, 3.05) is 0 Å². The van der Waals surface area contributed by atoms with E-state index in [0.29, 0.717) is 12.0 Å². The van der Waals surface area contributed by atoms with Crippen LogP contribution in [0.15, 0.2) is 36.5 Å². The van der Waals surface area contributed by atoms with E-state index >= 15 is 0 Å². The molecule has 2 nitrogen and oxygen atoms in total. The Morgan fingerprint density at radius 1 is 1.22 bits per heavy atom. The molecule has 18 heavy (non-hydrogen) atoms. The minimum atomic E-state index is 0.406. The number of H-pyrrole nitrogens is 1. The van der Waals surface area contributed by atoms with Gasteiger partial charge >= 0.3 is 0 Å². The van der Waals surface area contributed by atoms with Crippen molar-refractivity contribution in [3.63, 3.8) is 0 Å². The molecule has 0 spiro atoms. The zero-order chi connectivity index (χ0) is 13.1. The van der Waals surface area contributed by atoms with Gasteiger partial charge in [0.1, 0.15) is 0 Å². The van der Waals surface area contributed by atoms with Gasteiger partial charge in [0.15, 0.2) is 4.77 Å². The first-order valence-electron chi connectivity index (χ1n) is 6.50.